The average molecular weight is 584 g/mol. The lowest BCUT2D eigenvalue weighted by Crippen LogP contribution is -2.40. The lowest BCUT2D eigenvalue weighted by Gasteiger charge is -2.27. The SMILES string of the molecule is Cc1cc(C#N)cc(C(=O)NC2CCC2)c1NC(=O)c1cc(Cn2ncc(C(F)(F)F)n2)nn1-c1ncccc1Cl. The Labute approximate surface area is 235 Å². The Morgan fingerprint density at radius 1 is 1.20 bits per heavy atom. The molecule has 15 heteroatoms. The van der Waals surface area contributed by atoms with Crippen molar-refractivity contribution >= 4 is 29.1 Å². The van der Waals surface area contributed by atoms with Crippen molar-refractivity contribution in [3.63, 3.8) is 0 Å². The Kier molecular flexibility index (Phi) is 7.46. The summed E-state index contributed by atoms with van der Waals surface area (Å²) < 4.78 is 40.1. The maximum absolute atomic E-state index is 13.7. The minimum atomic E-state index is -4.67. The minimum absolute atomic E-state index is 0.0150. The largest absolute Gasteiger partial charge is 0.436 e. The van der Waals surface area contributed by atoms with E-state index < -0.39 is 23.7 Å². The zero-order chi connectivity index (χ0) is 29.3. The summed E-state index contributed by atoms with van der Waals surface area (Å²) in [6, 6.07) is 9.42. The molecule has 210 valence electrons. The van der Waals surface area contributed by atoms with Crippen molar-refractivity contribution < 1.29 is 22.8 Å². The molecule has 1 aromatic carbocycles. The van der Waals surface area contributed by atoms with Gasteiger partial charge in [0.15, 0.2) is 11.5 Å². The standard InChI is InChI=1S/C26H21ClF3N9O2/c1-14-8-15(11-31)9-18(24(40)34-16-4-2-5-16)22(14)35-25(41)20-10-17(13-38-33-12-21(37-38)26(28,29)30)36-39(20)23-19(27)6-3-7-32-23/h3,6-10,12,16H,2,4-5,13H2,1H3,(H,34,40)(H,35,41). The van der Waals surface area contributed by atoms with Crippen LogP contribution in [0.15, 0.2) is 42.7 Å². The maximum Gasteiger partial charge on any atom is 0.436 e. The second-order valence-electron chi connectivity index (χ2n) is 9.38. The van der Waals surface area contributed by atoms with E-state index in [1.807, 2.05) is 6.07 Å². The lowest BCUT2D eigenvalue weighted by atomic mass is 9.92. The number of benzene rings is 1. The van der Waals surface area contributed by atoms with Crippen molar-refractivity contribution in [3.05, 3.63) is 81.5 Å². The van der Waals surface area contributed by atoms with Gasteiger partial charge in [0.05, 0.1) is 39.8 Å². The summed E-state index contributed by atoms with van der Waals surface area (Å²) in [6.45, 7) is 1.36. The highest BCUT2D eigenvalue weighted by Gasteiger charge is 2.34. The molecule has 1 aliphatic carbocycles. The van der Waals surface area contributed by atoms with Gasteiger partial charge in [-0.15, -0.1) is 5.10 Å². The van der Waals surface area contributed by atoms with Gasteiger partial charge in [-0.2, -0.15) is 33.4 Å². The molecule has 0 spiro atoms. The van der Waals surface area contributed by atoms with Crippen LogP contribution in [-0.4, -0.2) is 47.6 Å². The molecule has 2 amide bonds. The summed E-state index contributed by atoms with van der Waals surface area (Å²) in [6.07, 6.45) is 0.0254. The first-order chi connectivity index (χ1) is 19.5. The molecule has 3 aromatic heterocycles. The number of halogens is 4. The number of nitrogens with zero attached hydrogens (tertiary/aromatic N) is 7. The second kappa shape index (κ2) is 11.0. The molecular formula is C26H21ClF3N9O2. The van der Waals surface area contributed by atoms with Crippen LogP contribution in [0.25, 0.3) is 5.82 Å². The smallest absolute Gasteiger partial charge is 0.349 e. The second-order valence-corrected chi connectivity index (χ2v) is 9.79. The Bertz CT molecular complexity index is 1690. The van der Waals surface area contributed by atoms with Gasteiger partial charge in [0, 0.05) is 12.2 Å². The highest BCUT2D eigenvalue weighted by Crippen LogP contribution is 2.28. The van der Waals surface area contributed by atoms with Gasteiger partial charge >= 0.3 is 6.18 Å². The molecule has 4 aromatic rings. The molecule has 0 saturated heterocycles. The summed E-state index contributed by atoms with van der Waals surface area (Å²) in [4.78, 5) is 31.8. The summed E-state index contributed by atoms with van der Waals surface area (Å²) in [5, 5.41) is 26.7. The number of hydrogen-bond donors (Lipinski definition) is 2. The first kappa shape index (κ1) is 27.8. The van der Waals surface area contributed by atoms with Gasteiger partial charge in [-0.05, 0) is 62.1 Å². The molecule has 0 aliphatic heterocycles. The van der Waals surface area contributed by atoms with Crippen molar-refractivity contribution in [2.45, 2.75) is 44.9 Å². The van der Waals surface area contributed by atoms with Gasteiger partial charge in [0.25, 0.3) is 11.8 Å². The molecule has 1 aliphatic rings. The minimum Gasteiger partial charge on any atom is -0.349 e. The first-order valence-electron chi connectivity index (χ1n) is 12.4. The third kappa shape index (κ3) is 5.90. The van der Waals surface area contributed by atoms with Crippen LogP contribution >= 0.6 is 11.6 Å². The number of amides is 2. The number of anilines is 1. The zero-order valence-corrected chi connectivity index (χ0v) is 22.2. The van der Waals surface area contributed by atoms with Gasteiger partial charge in [-0.1, -0.05) is 11.6 Å². The predicted molar refractivity (Wildman–Crippen MR) is 139 cm³/mol. The van der Waals surface area contributed by atoms with Crippen LogP contribution < -0.4 is 10.6 Å². The number of pyridine rings is 1. The Balaban J connectivity index is 1.51. The number of rotatable bonds is 7. The average Bonchev–Trinajstić information content (AvgIpc) is 3.55. The molecule has 41 heavy (non-hydrogen) atoms. The summed E-state index contributed by atoms with van der Waals surface area (Å²) in [5.41, 5.74) is -0.0824. The van der Waals surface area contributed by atoms with E-state index in [-0.39, 0.29) is 51.6 Å². The van der Waals surface area contributed by atoms with E-state index in [9.17, 15) is 28.0 Å². The normalized spacial score (nSPS) is 13.4. The van der Waals surface area contributed by atoms with E-state index in [0.717, 1.165) is 28.7 Å². The topological polar surface area (TPSA) is 143 Å². The number of aryl methyl sites for hydroxylation is 1. The van der Waals surface area contributed by atoms with E-state index in [0.29, 0.717) is 11.8 Å². The summed E-state index contributed by atoms with van der Waals surface area (Å²) >= 11 is 6.32. The van der Waals surface area contributed by atoms with Crippen LogP contribution in [0, 0.1) is 18.3 Å². The van der Waals surface area contributed by atoms with Crippen molar-refractivity contribution in [3.8, 4) is 11.9 Å². The third-order valence-corrected chi connectivity index (χ3v) is 6.75. The van der Waals surface area contributed by atoms with Crippen molar-refractivity contribution in [2.75, 3.05) is 5.32 Å². The molecule has 11 nitrogen and oxygen atoms in total. The van der Waals surface area contributed by atoms with Crippen LogP contribution in [0.2, 0.25) is 5.02 Å². The molecule has 1 fully saturated rings. The number of carbonyl (C=O) groups excluding carboxylic acids is 2. The highest BCUT2D eigenvalue weighted by molar-refractivity contribution is 6.32. The van der Waals surface area contributed by atoms with Crippen LogP contribution in [0.4, 0.5) is 18.9 Å². The van der Waals surface area contributed by atoms with E-state index in [2.05, 4.69) is 30.9 Å². The van der Waals surface area contributed by atoms with Crippen molar-refractivity contribution in [2.24, 2.45) is 0 Å². The Morgan fingerprint density at radius 3 is 2.61 bits per heavy atom. The van der Waals surface area contributed by atoms with E-state index >= 15 is 0 Å². The molecule has 0 unspecified atom stereocenters. The monoisotopic (exact) mass is 583 g/mol. The van der Waals surface area contributed by atoms with E-state index in [4.69, 9.17) is 11.6 Å². The quantitative estimate of drug-likeness (QED) is 0.330. The van der Waals surface area contributed by atoms with Crippen molar-refractivity contribution in [1.29, 1.82) is 5.26 Å². The van der Waals surface area contributed by atoms with Crippen LogP contribution in [0.5, 0.6) is 0 Å². The van der Waals surface area contributed by atoms with Gasteiger partial charge in [0.2, 0.25) is 0 Å². The fourth-order valence-electron chi connectivity index (χ4n) is 4.20. The number of alkyl halides is 3. The fraction of sp³-hybridized carbons (Fsp3) is 0.269. The van der Waals surface area contributed by atoms with E-state index in [1.165, 1.54) is 30.5 Å². The third-order valence-electron chi connectivity index (χ3n) is 6.45. The number of aromatic nitrogens is 6. The van der Waals surface area contributed by atoms with E-state index in [1.54, 1.807) is 13.0 Å². The zero-order valence-electron chi connectivity index (χ0n) is 21.4. The van der Waals surface area contributed by atoms with Crippen LogP contribution in [0.3, 0.4) is 0 Å². The molecular weight excluding hydrogens is 563 g/mol. The summed E-state index contributed by atoms with van der Waals surface area (Å²) in [5.74, 6) is -1.05. The van der Waals surface area contributed by atoms with Crippen LogP contribution in [0.1, 0.15) is 62.6 Å². The van der Waals surface area contributed by atoms with Gasteiger partial charge in [-0.25, -0.2) is 9.67 Å². The van der Waals surface area contributed by atoms with Crippen LogP contribution in [-0.2, 0) is 12.7 Å². The number of nitrogens with one attached hydrogen (secondary N) is 2. The Morgan fingerprint density at radius 2 is 1.98 bits per heavy atom. The molecule has 2 N–H and O–H groups in total. The predicted octanol–water partition coefficient (Wildman–Crippen LogP) is 4.29. The number of carbonyl (C=O) groups is 2. The molecule has 0 bridgehead atoms. The molecule has 5 rings (SSSR count). The lowest BCUT2D eigenvalue weighted by molar-refractivity contribution is -0.141. The molecule has 0 atom stereocenters. The van der Waals surface area contributed by atoms with Crippen molar-refractivity contribution in [1.82, 2.24) is 35.1 Å². The fourth-order valence-corrected chi connectivity index (χ4v) is 4.40. The van der Waals surface area contributed by atoms with Gasteiger partial charge < -0.3 is 10.6 Å². The molecule has 0 radical (unpaired) electrons. The maximum atomic E-state index is 13.7. The summed E-state index contributed by atoms with van der Waals surface area (Å²) in [7, 11) is 0. The van der Waals surface area contributed by atoms with Gasteiger partial charge in [0.1, 0.15) is 12.2 Å². The number of hydrogen-bond acceptors (Lipinski definition) is 7. The van der Waals surface area contributed by atoms with Gasteiger partial charge in [-0.3, -0.25) is 9.59 Å². The number of nitriles is 1. The molecule has 3 heterocycles. The first-order valence-corrected chi connectivity index (χ1v) is 12.8. The molecule has 1 saturated carbocycles. The highest BCUT2D eigenvalue weighted by atomic mass is 35.5. The Hall–Kier alpha value is -4.77.